The number of benzene rings is 1. The van der Waals surface area contributed by atoms with Crippen LogP contribution in [0.3, 0.4) is 0 Å². The van der Waals surface area contributed by atoms with E-state index in [2.05, 4.69) is 39.0 Å². The highest BCUT2D eigenvalue weighted by Crippen LogP contribution is 2.30. The van der Waals surface area contributed by atoms with E-state index in [1.807, 2.05) is 0 Å². The Morgan fingerprint density at radius 2 is 2.25 bits per heavy atom. The largest absolute Gasteiger partial charge is 0.493 e. The summed E-state index contributed by atoms with van der Waals surface area (Å²) in [5.41, 5.74) is 1.36. The molecule has 2 heterocycles. The fourth-order valence-corrected chi connectivity index (χ4v) is 2.80. The Labute approximate surface area is 105 Å². The predicted molar refractivity (Wildman–Crippen MR) is 67.9 cm³/mol. The average Bonchev–Trinajstić information content (AvgIpc) is 2.23. The molecule has 0 N–H and O–H groups in total. The zero-order valence-electron chi connectivity index (χ0n) is 9.29. The monoisotopic (exact) mass is 281 g/mol. The standard InChI is InChI=1S/C13H16BrNO/c14-12-3-2-11-6-10(8-15-4-1-5-15)9-16-13(11)7-12/h2-3,7,10H,1,4-6,8-9H2. The van der Waals surface area contributed by atoms with E-state index in [1.165, 1.54) is 38.0 Å². The molecule has 0 aliphatic carbocycles. The first-order valence-corrected chi connectivity index (χ1v) is 6.74. The van der Waals surface area contributed by atoms with Gasteiger partial charge in [0.05, 0.1) is 6.61 Å². The molecule has 1 aromatic carbocycles. The van der Waals surface area contributed by atoms with E-state index in [4.69, 9.17) is 4.74 Å². The quantitative estimate of drug-likeness (QED) is 0.827. The second kappa shape index (κ2) is 4.38. The average molecular weight is 282 g/mol. The van der Waals surface area contributed by atoms with Crippen LogP contribution in [0, 0.1) is 5.92 Å². The molecular weight excluding hydrogens is 266 g/mol. The third-order valence-electron chi connectivity index (χ3n) is 3.48. The molecule has 86 valence electrons. The summed E-state index contributed by atoms with van der Waals surface area (Å²) in [5, 5.41) is 0. The second-order valence-electron chi connectivity index (χ2n) is 4.79. The number of rotatable bonds is 2. The highest BCUT2D eigenvalue weighted by molar-refractivity contribution is 9.10. The Bertz CT molecular complexity index is 390. The Morgan fingerprint density at radius 1 is 1.38 bits per heavy atom. The number of likely N-dealkylation sites (tertiary alicyclic amines) is 1. The lowest BCUT2D eigenvalue weighted by molar-refractivity contribution is 0.116. The van der Waals surface area contributed by atoms with Gasteiger partial charge in [0.25, 0.3) is 0 Å². The fourth-order valence-electron chi connectivity index (χ4n) is 2.46. The van der Waals surface area contributed by atoms with Crippen molar-refractivity contribution < 1.29 is 4.74 Å². The minimum absolute atomic E-state index is 0.675. The van der Waals surface area contributed by atoms with Crippen molar-refractivity contribution in [3.63, 3.8) is 0 Å². The smallest absolute Gasteiger partial charge is 0.123 e. The minimum atomic E-state index is 0.675. The van der Waals surface area contributed by atoms with Crippen molar-refractivity contribution in [1.82, 2.24) is 4.90 Å². The van der Waals surface area contributed by atoms with Crippen LogP contribution in [0.25, 0.3) is 0 Å². The lowest BCUT2D eigenvalue weighted by Crippen LogP contribution is -2.42. The number of hydrogen-bond donors (Lipinski definition) is 0. The number of halogens is 1. The Balaban J connectivity index is 1.68. The Morgan fingerprint density at radius 3 is 3.00 bits per heavy atom. The number of fused-ring (bicyclic) bond motifs is 1. The molecule has 0 spiro atoms. The van der Waals surface area contributed by atoms with Crippen LogP contribution in [0.2, 0.25) is 0 Å². The van der Waals surface area contributed by atoms with E-state index in [9.17, 15) is 0 Å². The Hall–Kier alpha value is -0.540. The summed E-state index contributed by atoms with van der Waals surface area (Å²) in [6, 6.07) is 6.37. The normalized spacial score (nSPS) is 24.4. The first-order chi connectivity index (χ1) is 7.81. The molecule has 1 fully saturated rings. The summed E-state index contributed by atoms with van der Waals surface area (Å²) in [5.74, 6) is 1.74. The van der Waals surface area contributed by atoms with Crippen molar-refractivity contribution in [2.24, 2.45) is 5.92 Å². The number of nitrogens with zero attached hydrogens (tertiary/aromatic N) is 1. The van der Waals surface area contributed by atoms with Crippen molar-refractivity contribution in [3.8, 4) is 5.75 Å². The summed E-state index contributed by atoms with van der Waals surface area (Å²) < 4.78 is 6.93. The molecule has 2 aliphatic rings. The summed E-state index contributed by atoms with van der Waals surface area (Å²) in [6.07, 6.45) is 2.54. The van der Waals surface area contributed by atoms with E-state index in [0.29, 0.717) is 5.92 Å². The van der Waals surface area contributed by atoms with Crippen molar-refractivity contribution in [2.75, 3.05) is 26.2 Å². The molecule has 0 aromatic heterocycles. The molecule has 1 atom stereocenters. The van der Waals surface area contributed by atoms with Gasteiger partial charge in [-0.1, -0.05) is 22.0 Å². The van der Waals surface area contributed by atoms with Gasteiger partial charge in [-0.05, 0) is 43.6 Å². The molecule has 3 heteroatoms. The topological polar surface area (TPSA) is 12.5 Å². The molecule has 0 amide bonds. The first kappa shape index (κ1) is 10.6. The van der Waals surface area contributed by atoms with Gasteiger partial charge in [-0.2, -0.15) is 0 Å². The van der Waals surface area contributed by atoms with E-state index < -0.39 is 0 Å². The molecule has 16 heavy (non-hydrogen) atoms. The molecule has 1 unspecified atom stereocenters. The maximum Gasteiger partial charge on any atom is 0.123 e. The van der Waals surface area contributed by atoms with Gasteiger partial charge in [0.15, 0.2) is 0 Å². The zero-order chi connectivity index (χ0) is 11.0. The summed E-state index contributed by atoms with van der Waals surface area (Å²) in [6.45, 7) is 4.64. The van der Waals surface area contributed by atoms with Crippen LogP contribution in [0.15, 0.2) is 22.7 Å². The van der Waals surface area contributed by atoms with Crippen LogP contribution in [-0.2, 0) is 6.42 Å². The predicted octanol–water partition coefficient (Wildman–Crippen LogP) is 2.71. The molecule has 0 radical (unpaired) electrons. The molecular formula is C13H16BrNO. The lowest BCUT2D eigenvalue weighted by Gasteiger charge is -2.35. The van der Waals surface area contributed by atoms with Crippen molar-refractivity contribution >= 4 is 15.9 Å². The molecule has 0 bridgehead atoms. The van der Waals surface area contributed by atoms with E-state index in [-0.39, 0.29) is 0 Å². The van der Waals surface area contributed by atoms with Gasteiger partial charge < -0.3 is 9.64 Å². The van der Waals surface area contributed by atoms with Gasteiger partial charge in [-0.3, -0.25) is 0 Å². The Kier molecular flexibility index (Phi) is 2.90. The highest BCUT2D eigenvalue weighted by Gasteiger charge is 2.24. The highest BCUT2D eigenvalue weighted by atomic mass is 79.9. The molecule has 1 aromatic rings. The first-order valence-electron chi connectivity index (χ1n) is 5.95. The van der Waals surface area contributed by atoms with E-state index in [1.54, 1.807) is 0 Å². The van der Waals surface area contributed by atoms with Gasteiger partial charge in [0.1, 0.15) is 5.75 Å². The maximum atomic E-state index is 5.83. The molecule has 2 nitrogen and oxygen atoms in total. The van der Waals surface area contributed by atoms with E-state index in [0.717, 1.165) is 16.8 Å². The SMILES string of the molecule is Brc1ccc2c(c1)OCC(CN1CCC1)C2. The fraction of sp³-hybridized carbons (Fsp3) is 0.538. The van der Waals surface area contributed by atoms with Gasteiger partial charge in [0, 0.05) is 16.9 Å². The van der Waals surface area contributed by atoms with Crippen LogP contribution >= 0.6 is 15.9 Å². The van der Waals surface area contributed by atoms with E-state index >= 15 is 0 Å². The zero-order valence-corrected chi connectivity index (χ0v) is 10.9. The summed E-state index contributed by atoms with van der Waals surface area (Å²) >= 11 is 3.48. The summed E-state index contributed by atoms with van der Waals surface area (Å²) in [4.78, 5) is 2.53. The van der Waals surface area contributed by atoms with Crippen LogP contribution in [0.1, 0.15) is 12.0 Å². The molecule has 3 rings (SSSR count). The third-order valence-corrected chi connectivity index (χ3v) is 3.97. The lowest BCUT2D eigenvalue weighted by atomic mass is 9.95. The number of hydrogen-bond acceptors (Lipinski definition) is 2. The molecule has 0 saturated carbocycles. The third kappa shape index (κ3) is 2.11. The van der Waals surface area contributed by atoms with Gasteiger partial charge in [-0.25, -0.2) is 0 Å². The van der Waals surface area contributed by atoms with Crippen molar-refractivity contribution in [1.29, 1.82) is 0 Å². The van der Waals surface area contributed by atoms with Crippen LogP contribution in [0.5, 0.6) is 5.75 Å². The second-order valence-corrected chi connectivity index (χ2v) is 5.70. The van der Waals surface area contributed by atoms with Crippen molar-refractivity contribution in [3.05, 3.63) is 28.2 Å². The van der Waals surface area contributed by atoms with Gasteiger partial charge in [0.2, 0.25) is 0 Å². The van der Waals surface area contributed by atoms with Crippen LogP contribution in [0.4, 0.5) is 0 Å². The maximum absolute atomic E-state index is 5.83. The van der Waals surface area contributed by atoms with Crippen LogP contribution < -0.4 is 4.74 Å². The molecule has 2 aliphatic heterocycles. The van der Waals surface area contributed by atoms with Gasteiger partial charge >= 0.3 is 0 Å². The summed E-state index contributed by atoms with van der Waals surface area (Å²) in [7, 11) is 0. The van der Waals surface area contributed by atoms with Crippen molar-refractivity contribution in [2.45, 2.75) is 12.8 Å². The van der Waals surface area contributed by atoms with Crippen LogP contribution in [-0.4, -0.2) is 31.1 Å². The minimum Gasteiger partial charge on any atom is -0.493 e. The van der Waals surface area contributed by atoms with Gasteiger partial charge in [-0.15, -0.1) is 0 Å². The molecule has 1 saturated heterocycles. The number of ether oxygens (including phenoxy) is 1.